The summed E-state index contributed by atoms with van der Waals surface area (Å²) in [4.78, 5) is 18.0. The van der Waals surface area contributed by atoms with Gasteiger partial charge < -0.3 is 10.6 Å². The Morgan fingerprint density at radius 2 is 2.21 bits per heavy atom. The van der Waals surface area contributed by atoms with Crippen molar-refractivity contribution in [3.63, 3.8) is 0 Å². The summed E-state index contributed by atoms with van der Waals surface area (Å²) in [5, 5.41) is 0. The zero-order valence-corrected chi connectivity index (χ0v) is 11.7. The third kappa shape index (κ3) is 1.84. The lowest BCUT2D eigenvalue weighted by atomic mass is 9.86. The van der Waals surface area contributed by atoms with Gasteiger partial charge in [0.2, 0.25) is 0 Å². The molecule has 0 aliphatic carbocycles. The minimum absolute atomic E-state index is 0.198. The molecule has 2 unspecified atom stereocenters. The van der Waals surface area contributed by atoms with Gasteiger partial charge in [0, 0.05) is 12.3 Å². The van der Waals surface area contributed by atoms with E-state index in [2.05, 4.69) is 11.9 Å². The lowest BCUT2D eigenvalue weighted by Crippen LogP contribution is -2.57. The largest absolute Gasteiger partial charge is 0.385 e. The van der Waals surface area contributed by atoms with Crippen LogP contribution in [-0.4, -0.2) is 33.8 Å². The second kappa shape index (κ2) is 4.56. The van der Waals surface area contributed by atoms with E-state index in [1.165, 1.54) is 0 Å². The number of carbonyl (C=O) groups excluding carboxylic acids is 1. The number of amidine groups is 1. The Kier molecular flexibility index (Phi) is 3.01. The number of nitrogens with zero attached hydrogens (tertiary/aromatic N) is 2. The molecule has 100 valence electrons. The maximum atomic E-state index is 12.1. The van der Waals surface area contributed by atoms with Crippen LogP contribution in [0, 0.1) is 5.92 Å². The zero-order valence-electron chi connectivity index (χ0n) is 10.9. The molecule has 2 amide bonds. The highest BCUT2D eigenvalue weighted by Crippen LogP contribution is 2.42. The Morgan fingerprint density at radius 1 is 1.47 bits per heavy atom. The van der Waals surface area contributed by atoms with E-state index in [-0.39, 0.29) is 11.6 Å². The molecule has 0 bridgehead atoms. The summed E-state index contributed by atoms with van der Waals surface area (Å²) in [5.41, 5.74) is 6.81. The molecule has 1 saturated heterocycles. The van der Waals surface area contributed by atoms with Crippen LogP contribution >= 0.6 is 11.8 Å². The monoisotopic (exact) mass is 275 g/mol. The summed E-state index contributed by atoms with van der Waals surface area (Å²) in [6, 6.07) is 9.81. The average Bonchev–Trinajstić information content (AvgIpc) is 2.89. The molecule has 4 nitrogen and oxygen atoms in total. The molecule has 2 aliphatic heterocycles. The molecule has 1 aromatic carbocycles. The Bertz CT molecular complexity index is 531. The number of amides is 2. The first-order valence-corrected chi connectivity index (χ1v) is 7.58. The maximum absolute atomic E-state index is 12.1. The third-order valence-electron chi connectivity index (χ3n) is 4.06. The average molecular weight is 275 g/mol. The van der Waals surface area contributed by atoms with Crippen molar-refractivity contribution in [3.8, 4) is 0 Å². The van der Waals surface area contributed by atoms with E-state index in [0.717, 1.165) is 17.1 Å². The van der Waals surface area contributed by atoms with Gasteiger partial charge in [-0.05, 0) is 17.2 Å². The molecule has 0 radical (unpaired) electrons. The lowest BCUT2D eigenvalue weighted by Gasteiger charge is -2.37. The molecular weight excluding hydrogens is 258 g/mol. The fourth-order valence-corrected chi connectivity index (χ4v) is 4.53. The van der Waals surface area contributed by atoms with Crippen LogP contribution in [0.5, 0.6) is 0 Å². The normalized spacial score (nSPS) is 30.2. The van der Waals surface area contributed by atoms with Gasteiger partial charge in [0.1, 0.15) is 11.4 Å². The fourth-order valence-electron chi connectivity index (χ4n) is 2.89. The van der Waals surface area contributed by atoms with E-state index in [1.54, 1.807) is 0 Å². The van der Waals surface area contributed by atoms with Crippen molar-refractivity contribution in [3.05, 3.63) is 35.9 Å². The molecule has 2 aliphatic rings. The third-order valence-corrected chi connectivity index (χ3v) is 5.44. The van der Waals surface area contributed by atoms with E-state index in [1.807, 2.05) is 47.0 Å². The molecule has 19 heavy (non-hydrogen) atoms. The predicted molar refractivity (Wildman–Crippen MR) is 78.2 cm³/mol. The highest BCUT2D eigenvalue weighted by molar-refractivity contribution is 7.99. The molecule has 0 aromatic heterocycles. The van der Waals surface area contributed by atoms with Crippen LogP contribution in [0.1, 0.15) is 12.5 Å². The number of benzene rings is 1. The van der Waals surface area contributed by atoms with Crippen LogP contribution < -0.4 is 5.73 Å². The summed E-state index contributed by atoms with van der Waals surface area (Å²) in [5.74, 6) is 2.71. The minimum atomic E-state index is -0.377. The molecule has 1 fully saturated rings. The number of rotatable bonds is 2. The number of urea groups is 1. The topological polar surface area (TPSA) is 58.7 Å². The standard InChI is InChI=1S/C14H17N3OS/c1-10-8-19-9-14(10)12(15)16-13(18)17(14)7-11-5-3-2-4-6-11/h2-6,10H,7-9H2,1H3,(H2,15,16,18). The van der Waals surface area contributed by atoms with Gasteiger partial charge in [0.05, 0.1) is 0 Å². The smallest absolute Gasteiger partial charge is 0.346 e. The van der Waals surface area contributed by atoms with Crippen LogP contribution in [0.4, 0.5) is 4.79 Å². The molecule has 1 spiro atoms. The Hall–Kier alpha value is -1.49. The number of hydrogen-bond donors (Lipinski definition) is 1. The van der Waals surface area contributed by atoms with Crippen molar-refractivity contribution in [2.24, 2.45) is 16.6 Å². The fraction of sp³-hybridized carbons (Fsp3) is 0.429. The second-order valence-corrected chi connectivity index (χ2v) is 6.22. The van der Waals surface area contributed by atoms with E-state index in [0.29, 0.717) is 18.3 Å². The van der Waals surface area contributed by atoms with Gasteiger partial charge in [-0.3, -0.25) is 0 Å². The first-order chi connectivity index (χ1) is 9.14. The van der Waals surface area contributed by atoms with Gasteiger partial charge in [-0.2, -0.15) is 16.8 Å². The number of hydrogen-bond acceptors (Lipinski definition) is 3. The van der Waals surface area contributed by atoms with Crippen LogP contribution in [-0.2, 0) is 6.54 Å². The first-order valence-electron chi connectivity index (χ1n) is 6.42. The van der Waals surface area contributed by atoms with Gasteiger partial charge in [0.25, 0.3) is 0 Å². The number of carbonyl (C=O) groups is 1. The molecule has 5 heteroatoms. The van der Waals surface area contributed by atoms with Crippen molar-refractivity contribution < 1.29 is 4.79 Å². The number of thioether (sulfide) groups is 1. The van der Waals surface area contributed by atoms with Crippen molar-refractivity contribution in [2.45, 2.75) is 19.0 Å². The first kappa shape index (κ1) is 12.5. The van der Waals surface area contributed by atoms with Crippen molar-refractivity contribution in [1.82, 2.24) is 4.90 Å². The Morgan fingerprint density at radius 3 is 2.84 bits per heavy atom. The van der Waals surface area contributed by atoms with Gasteiger partial charge in [-0.15, -0.1) is 0 Å². The van der Waals surface area contributed by atoms with Gasteiger partial charge in [-0.1, -0.05) is 37.3 Å². The van der Waals surface area contributed by atoms with Gasteiger partial charge in [-0.25, -0.2) is 4.79 Å². The van der Waals surface area contributed by atoms with Gasteiger partial charge in [0.15, 0.2) is 0 Å². The molecule has 2 N–H and O–H groups in total. The molecule has 1 aromatic rings. The van der Waals surface area contributed by atoms with Crippen molar-refractivity contribution >= 4 is 23.6 Å². The summed E-state index contributed by atoms with van der Waals surface area (Å²) in [7, 11) is 0. The Labute approximate surface area is 117 Å². The molecule has 3 rings (SSSR count). The quantitative estimate of drug-likeness (QED) is 0.899. The lowest BCUT2D eigenvalue weighted by molar-refractivity contribution is 0.155. The molecular formula is C14H17N3OS. The van der Waals surface area contributed by atoms with Gasteiger partial charge >= 0.3 is 6.03 Å². The summed E-state index contributed by atoms with van der Waals surface area (Å²) in [6.07, 6.45) is 0. The SMILES string of the molecule is CC1CSCC12C(N)=NC(=O)N2Cc1ccccc1. The predicted octanol–water partition coefficient (Wildman–Crippen LogP) is 2.10. The van der Waals surface area contributed by atoms with Crippen LogP contribution in [0.3, 0.4) is 0 Å². The molecule has 2 heterocycles. The minimum Gasteiger partial charge on any atom is -0.385 e. The second-order valence-electron chi connectivity index (χ2n) is 5.19. The molecule has 0 saturated carbocycles. The number of aliphatic imine (C=N–C) groups is 1. The van der Waals surface area contributed by atoms with Crippen LogP contribution in [0.25, 0.3) is 0 Å². The van der Waals surface area contributed by atoms with Crippen LogP contribution in [0.15, 0.2) is 35.3 Å². The maximum Gasteiger partial charge on any atom is 0.346 e. The van der Waals surface area contributed by atoms with Crippen molar-refractivity contribution in [2.75, 3.05) is 11.5 Å². The van der Waals surface area contributed by atoms with E-state index < -0.39 is 0 Å². The highest BCUT2D eigenvalue weighted by atomic mass is 32.2. The highest BCUT2D eigenvalue weighted by Gasteiger charge is 2.54. The zero-order chi connectivity index (χ0) is 13.5. The summed E-state index contributed by atoms with van der Waals surface area (Å²) < 4.78 is 0. The number of nitrogens with two attached hydrogens (primary N) is 1. The van der Waals surface area contributed by atoms with E-state index in [4.69, 9.17) is 5.73 Å². The van der Waals surface area contributed by atoms with Crippen LogP contribution in [0.2, 0.25) is 0 Å². The van der Waals surface area contributed by atoms with Crippen molar-refractivity contribution in [1.29, 1.82) is 0 Å². The van der Waals surface area contributed by atoms with E-state index >= 15 is 0 Å². The van der Waals surface area contributed by atoms with E-state index in [9.17, 15) is 4.79 Å². The Balaban J connectivity index is 1.93. The molecule has 2 atom stereocenters. The summed E-state index contributed by atoms with van der Waals surface area (Å²) >= 11 is 1.84. The summed E-state index contributed by atoms with van der Waals surface area (Å²) in [6.45, 7) is 2.73.